The van der Waals surface area contributed by atoms with Crippen LogP contribution in [0.2, 0.25) is 0 Å². The third-order valence-electron chi connectivity index (χ3n) is 4.24. The number of pyridine rings is 1. The van der Waals surface area contributed by atoms with Gasteiger partial charge in [0.2, 0.25) is 5.95 Å². The van der Waals surface area contributed by atoms with Gasteiger partial charge in [0.15, 0.2) is 0 Å². The summed E-state index contributed by atoms with van der Waals surface area (Å²) in [6, 6.07) is 12.2. The van der Waals surface area contributed by atoms with Gasteiger partial charge in [-0.05, 0) is 17.7 Å². The fraction of sp³-hybridized carbons (Fsp3) is 0.250. The Labute approximate surface area is 170 Å². The van der Waals surface area contributed by atoms with Gasteiger partial charge in [-0.15, -0.1) is 0 Å². The Hall–Kier alpha value is -3.24. The number of aromatic nitrogens is 3. The van der Waals surface area contributed by atoms with E-state index in [1.54, 1.807) is 6.20 Å². The second-order valence-electron chi connectivity index (χ2n) is 6.43. The van der Waals surface area contributed by atoms with E-state index in [1.807, 2.05) is 42.5 Å². The number of hydrogen-bond donors (Lipinski definition) is 4. The first-order valence-electron chi connectivity index (χ1n) is 9.07. The zero-order valence-corrected chi connectivity index (χ0v) is 15.8. The van der Waals surface area contributed by atoms with Crippen LogP contribution in [-0.2, 0) is 12.7 Å². The molecule has 30 heavy (non-hydrogen) atoms. The Kier molecular flexibility index (Phi) is 6.80. The molecule has 0 saturated heterocycles. The van der Waals surface area contributed by atoms with Crippen LogP contribution in [0.5, 0.6) is 0 Å². The van der Waals surface area contributed by atoms with Crippen molar-refractivity contribution in [1.82, 2.24) is 15.0 Å². The lowest BCUT2D eigenvalue weighted by Crippen LogP contribution is -2.30. The molecule has 0 unspecified atom stereocenters. The smallest absolute Gasteiger partial charge is 0.394 e. The molecule has 2 heterocycles. The molecule has 158 valence electrons. The molecule has 0 spiro atoms. The average Bonchev–Trinajstić information content (AvgIpc) is 2.76. The number of benzene rings is 1. The van der Waals surface area contributed by atoms with Gasteiger partial charge in [-0.2, -0.15) is 18.2 Å². The second kappa shape index (κ2) is 9.51. The maximum absolute atomic E-state index is 13.2. The monoisotopic (exact) mass is 419 g/mol. The number of alkyl halides is 3. The number of nitrogens with zero attached hydrogens (tertiary/aromatic N) is 3. The number of hydrogen-bond acceptors (Lipinski definition) is 7. The maximum Gasteiger partial charge on any atom is 0.421 e. The van der Waals surface area contributed by atoms with Crippen LogP contribution in [0.3, 0.4) is 0 Å². The predicted molar refractivity (Wildman–Crippen MR) is 106 cm³/mol. The topological polar surface area (TPSA) is 103 Å². The molecule has 4 N–H and O–H groups in total. The van der Waals surface area contributed by atoms with Crippen molar-refractivity contribution in [2.75, 3.05) is 23.8 Å². The van der Waals surface area contributed by atoms with E-state index in [4.69, 9.17) is 10.2 Å². The van der Waals surface area contributed by atoms with Crippen molar-refractivity contribution < 1.29 is 23.4 Å². The highest BCUT2D eigenvalue weighted by molar-refractivity contribution is 5.59. The van der Waals surface area contributed by atoms with Crippen molar-refractivity contribution in [2.45, 2.75) is 18.8 Å². The van der Waals surface area contributed by atoms with Crippen molar-refractivity contribution in [3.05, 3.63) is 66.0 Å². The van der Waals surface area contributed by atoms with E-state index in [0.29, 0.717) is 6.20 Å². The van der Waals surface area contributed by atoms with E-state index >= 15 is 0 Å². The summed E-state index contributed by atoms with van der Waals surface area (Å²) in [6.45, 7) is -0.816. The SMILES string of the molecule is OCC(CO)Nc1nc(NCc2ccc(-c3ccccn3)cc2)ncc1C(F)(F)F. The van der Waals surface area contributed by atoms with Gasteiger partial charge in [-0.1, -0.05) is 30.3 Å². The van der Waals surface area contributed by atoms with Gasteiger partial charge in [-0.25, -0.2) is 4.98 Å². The third-order valence-corrected chi connectivity index (χ3v) is 4.24. The van der Waals surface area contributed by atoms with Crippen molar-refractivity contribution >= 4 is 11.8 Å². The first kappa shape index (κ1) is 21.5. The molecule has 1 aromatic carbocycles. The van der Waals surface area contributed by atoms with E-state index in [0.717, 1.165) is 16.8 Å². The first-order chi connectivity index (χ1) is 14.4. The lowest BCUT2D eigenvalue weighted by molar-refractivity contribution is -0.137. The van der Waals surface area contributed by atoms with Crippen molar-refractivity contribution in [2.24, 2.45) is 0 Å². The second-order valence-corrected chi connectivity index (χ2v) is 6.43. The third kappa shape index (κ3) is 5.43. The molecule has 10 heteroatoms. The van der Waals surface area contributed by atoms with Crippen molar-refractivity contribution in [3.8, 4) is 11.3 Å². The zero-order valence-electron chi connectivity index (χ0n) is 15.8. The molecule has 3 rings (SSSR count). The van der Waals surface area contributed by atoms with Crippen LogP contribution in [0.1, 0.15) is 11.1 Å². The fourth-order valence-electron chi connectivity index (χ4n) is 2.63. The number of aliphatic hydroxyl groups excluding tert-OH is 2. The van der Waals surface area contributed by atoms with Gasteiger partial charge in [0.25, 0.3) is 0 Å². The van der Waals surface area contributed by atoms with Gasteiger partial charge in [0.1, 0.15) is 11.4 Å². The Morgan fingerprint density at radius 1 is 0.967 bits per heavy atom. The van der Waals surface area contributed by atoms with E-state index in [9.17, 15) is 13.2 Å². The molecule has 2 aromatic heterocycles. The van der Waals surface area contributed by atoms with Gasteiger partial charge in [-0.3, -0.25) is 4.98 Å². The van der Waals surface area contributed by atoms with Crippen molar-refractivity contribution in [3.63, 3.8) is 0 Å². The molecule has 0 radical (unpaired) electrons. The standard InChI is InChI=1S/C20H20F3N5O2/c21-20(22,23)16-10-26-19(28-18(16)27-15(11-29)12-30)25-9-13-4-6-14(7-5-13)17-3-1-2-8-24-17/h1-8,10,15,29-30H,9,11-12H2,(H2,25,26,27,28). The first-order valence-corrected chi connectivity index (χ1v) is 9.07. The molecule has 0 aliphatic carbocycles. The van der Waals surface area contributed by atoms with Crippen LogP contribution in [0.4, 0.5) is 24.9 Å². The Morgan fingerprint density at radius 2 is 1.70 bits per heavy atom. The largest absolute Gasteiger partial charge is 0.421 e. The van der Waals surface area contributed by atoms with Crippen LogP contribution >= 0.6 is 0 Å². The molecule has 0 amide bonds. The van der Waals surface area contributed by atoms with E-state index in [2.05, 4.69) is 25.6 Å². The number of anilines is 2. The average molecular weight is 419 g/mol. The molecule has 0 bridgehead atoms. The minimum Gasteiger partial charge on any atom is -0.394 e. The van der Waals surface area contributed by atoms with Crippen LogP contribution in [0.25, 0.3) is 11.3 Å². The molecule has 3 aromatic rings. The normalized spacial score (nSPS) is 11.5. The summed E-state index contributed by atoms with van der Waals surface area (Å²) >= 11 is 0. The van der Waals surface area contributed by atoms with E-state index in [-0.39, 0.29) is 12.5 Å². The molecule has 0 saturated carbocycles. The quantitative estimate of drug-likeness (QED) is 0.445. The molecular formula is C20H20F3N5O2. The fourth-order valence-corrected chi connectivity index (χ4v) is 2.63. The molecule has 0 atom stereocenters. The van der Waals surface area contributed by atoms with Crippen molar-refractivity contribution in [1.29, 1.82) is 0 Å². The molecule has 0 aliphatic heterocycles. The lowest BCUT2D eigenvalue weighted by atomic mass is 10.1. The summed E-state index contributed by atoms with van der Waals surface area (Å²) in [6.07, 6.45) is -2.32. The van der Waals surface area contributed by atoms with E-state index in [1.165, 1.54) is 0 Å². The number of aliphatic hydroxyl groups is 2. The summed E-state index contributed by atoms with van der Waals surface area (Å²) in [7, 11) is 0. The highest BCUT2D eigenvalue weighted by Crippen LogP contribution is 2.34. The predicted octanol–water partition coefficient (Wildman–Crippen LogP) is 2.93. The van der Waals surface area contributed by atoms with Gasteiger partial charge in [0.05, 0.1) is 24.9 Å². The minimum atomic E-state index is -4.68. The van der Waals surface area contributed by atoms with Crippen LogP contribution in [0, 0.1) is 0 Å². The lowest BCUT2D eigenvalue weighted by Gasteiger charge is -2.18. The van der Waals surface area contributed by atoms with E-state index < -0.39 is 36.8 Å². The Bertz CT molecular complexity index is 949. The van der Waals surface area contributed by atoms with Gasteiger partial charge in [0, 0.05) is 24.5 Å². The summed E-state index contributed by atoms with van der Waals surface area (Å²) in [5.74, 6) is -0.535. The highest BCUT2D eigenvalue weighted by Gasteiger charge is 2.35. The maximum atomic E-state index is 13.2. The number of nitrogens with one attached hydrogen (secondary N) is 2. The summed E-state index contributed by atoms with van der Waals surface area (Å²) in [4.78, 5) is 11.9. The van der Waals surface area contributed by atoms with Crippen LogP contribution in [-0.4, -0.2) is 44.4 Å². The van der Waals surface area contributed by atoms with Crippen LogP contribution < -0.4 is 10.6 Å². The zero-order chi connectivity index (χ0) is 21.6. The van der Waals surface area contributed by atoms with Gasteiger partial charge < -0.3 is 20.8 Å². The Balaban J connectivity index is 1.73. The molecule has 0 fully saturated rings. The summed E-state index contributed by atoms with van der Waals surface area (Å²) in [5.41, 5.74) is 1.56. The minimum absolute atomic E-state index is 0.0195. The summed E-state index contributed by atoms with van der Waals surface area (Å²) < 4.78 is 39.6. The summed E-state index contributed by atoms with van der Waals surface area (Å²) in [5, 5.41) is 23.6. The number of rotatable bonds is 8. The Morgan fingerprint density at radius 3 is 2.30 bits per heavy atom. The highest BCUT2D eigenvalue weighted by atomic mass is 19.4. The molecule has 0 aliphatic rings. The molecular weight excluding hydrogens is 399 g/mol. The van der Waals surface area contributed by atoms with Gasteiger partial charge >= 0.3 is 6.18 Å². The number of halogens is 3. The van der Waals surface area contributed by atoms with Crippen LogP contribution in [0.15, 0.2) is 54.9 Å². The molecule has 7 nitrogen and oxygen atoms in total.